The molecule has 1 atom stereocenters. The van der Waals surface area contributed by atoms with Gasteiger partial charge in [0, 0.05) is 26.7 Å². The van der Waals surface area contributed by atoms with E-state index < -0.39 is 6.04 Å². The number of carbonyl (C=O) groups is 2. The molecular formula is C20H30N2O4. The Hall–Kier alpha value is -1.92. The Bertz CT molecular complexity index is 616. The fraction of sp³-hybridized carbons (Fsp3) is 0.600. The summed E-state index contributed by atoms with van der Waals surface area (Å²) in [6.45, 7) is 5.12. The van der Waals surface area contributed by atoms with Gasteiger partial charge >= 0.3 is 5.97 Å². The summed E-state index contributed by atoms with van der Waals surface area (Å²) in [7, 11) is 3.36. The SMILES string of the molecule is CCOC(=O)[C@@H](COC)N(CC(=O)N(C)Cc1ccccc1C)C1CC1. The van der Waals surface area contributed by atoms with Gasteiger partial charge in [0.25, 0.3) is 0 Å². The van der Waals surface area contributed by atoms with Crippen LogP contribution in [-0.2, 0) is 25.6 Å². The monoisotopic (exact) mass is 362 g/mol. The molecule has 2 rings (SSSR count). The van der Waals surface area contributed by atoms with E-state index in [0.717, 1.165) is 24.0 Å². The second-order valence-corrected chi connectivity index (χ2v) is 6.80. The van der Waals surface area contributed by atoms with Crippen LogP contribution in [-0.4, -0.2) is 67.7 Å². The van der Waals surface area contributed by atoms with Gasteiger partial charge < -0.3 is 14.4 Å². The highest BCUT2D eigenvalue weighted by atomic mass is 16.5. The van der Waals surface area contributed by atoms with Gasteiger partial charge in [-0.25, -0.2) is 0 Å². The minimum atomic E-state index is -0.539. The van der Waals surface area contributed by atoms with Crippen LogP contribution < -0.4 is 0 Å². The Labute approximate surface area is 156 Å². The van der Waals surface area contributed by atoms with E-state index in [2.05, 4.69) is 0 Å². The first-order chi connectivity index (χ1) is 12.5. The van der Waals surface area contributed by atoms with Crippen molar-refractivity contribution in [2.75, 3.05) is 33.9 Å². The zero-order chi connectivity index (χ0) is 19.1. The van der Waals surface area contributed by atoms with Crippen molar-refractivity contribution in [1.29, 1.82) is 0 Å². The number of aryl methyl sites for hydroxylation is 1. The van der Waals surface area contributed by atoms with Crippen molar-refractivity contribution in [3.63, 3.8) is 0 Å². The highest BCUT2D eigenvalue weighted by molar-refractivity contribution is 5.80. The maximum absolute atomic E-state index is 12.8. The first-order valence-corrected chi connectivity index (χ1v) is 9.17. The van der Waals surface area contributed by atoms with Gasteiger partial charge in [0.2, 0.25) is 5.91 Å². The first kappa shape index (κ1) is 20.4. The van der Waals surface area contributed by atoms with E-state index in [1.165, 1.54) is 0 Å². The second-order valence-electron chi connectivity index (χ2n) is 6.80. The van der Waals surface area contributed by atoms with Gasteiger partial charge in [-0.3, -0.25) is 14.5 Å². The average Bonchev–Trinajstić information content (AvgIpc) is 3.44. The Balaban J connectivity index is 2.04. The number of carbonyl (C=O) groups excluding carboxylic acids is 2. The van der Waals surface area contributed by atoms with Crippen LogP contribution in [0.5, 0.6) is 0 Å². The third-order valence-corrected chi connectivity index (χ3v) is 4.71. The predicted molar refractivity (Wildman–Crippen MR) is 99.7 cm³/mol. The molecule has 1 aliphatic carbocycles. The molecule has 1 saturated carbocycles. The minimum Gasteiger partial charge on any atom is -0.465 e. The molecule has 1 aliphatic rings. The van der Waals surface area contributed by atoms with Gasteiger partial charge in [-0.1, -0.05) is 24.3 Å². The number of ether oxygens (including phenoxy) is 2. The van der Waals surface area contributed by atoms with Gasteiger partial charge in [-0.2, -0.15) is 0 Å². The molecule has 0 bridgehead atoms. The summed E-state index contributed by atoms with van der Waals surface area (Å²) < 4.78 is 10.4. The average molecular weight is 362 g/mol. The molecule has 0 heterocycles. The Morgan fingerprint density at radius 2 is 1.96 bits per heavy atom. The molecule has 6 heteroatoms. The molecule has 0 aromatic heterocycles. The summed E-state index contributed by atoms with van der Waals surface area (Å²) in [5.74, 6) is -0.332. The number of benzene rings is 1. The van der Waals surface area contributed by atoms with Crippen LogP contribution >= 0.6 is 0 Å². The normalized spacial score (nSPS) is 15.0. The fourth-order valence-corrected chi connectivity index (χ4v) is 3.00. The van der Waals surface area contributed by atoms with Crippen LogP contribution in [0.3, 0.4) is 0 Å². The van der Waals surface area contributed by atoms with Crippen molar-refractivity contribution in [2.45, 2.75) is 45.3 Å². The van der Waals surface area contributed by atoms with Crippen LogP contribution in [0, 0.1) is 6.92 Å². The summed E-state index contributed by atoms with van der Waals surface area (Å²) >= 11 is 0. The summed E-state index contributed by atoms with van der Waals surface area (Å²) in [6, 6.07) is 7.75. The molecule has 6 nitrogen and oxygen atoms in total. The molecule has 1 amide bonds. The molecule has 26 heavy (non-hydrogen) atoms. The van der Waals surface area contributed by atoms with E-state index in [9.17, 15) is 9.59 Å². The maximum Gasteiger partial charge on any atom is 0.325 e. The Morgan fingerprint density at radius 1 is 1.27 bits per heavy atom. The van der Waals surface area contributed by atoms with Gasteiger partial charge in [-0.15, -0.1) is 0 Å². The van der Waals surface area contributed by atoms with Crippen LogP contribution in [0.2, 0.25) is 0 Å². The number of likely N-dealkylation sites (N-methyl/N-ethyl adjacent to an activating group) is 1. The van der Waals surface area contributed by atoms with Gasteiger partial charge in [0.05, 0.1) is 19.8 Å². The van der Waals surface area contributed by atoms with Crippen LogP contribution in [0.15, 0.2) is 24.3 Å². The molecule has 0 unspecified atom stereocenters. The van der Waals surface area contributed by atoms with Crippen molar-refractivity contribution in [1.82, 2.24) is 9.80 Å². The molecule has 0 N–H and O–H groups in total. The third-order valence-electron chi connectivity index (χ3n) is 4.71. The summed E-state index contributed by atoms with van der Waals surface area (Å²) in [5, 5.41) is 0. The van der Waals surface area contributed by atoms with Crippen LogP contribution in [0.25, 0.3) is 0 Å². The van der Waals surface area contributed by atoms with E-state index in [-0.39, 0.29) is 31.1 Å². The molecule has 1 aromatic carbocycles. The summed E-state index contributed by atoms with van der Waals surface area (Å²) in [4.78, 5) is 28.8. The maximum atomic E-state index is 12.8. The number of amides is 1. The van der Waals surface area contributed by atoms with E-state index in [1.54, 1.807) is 26.0 Å². The summed E-state index contributed by atoms with van der Waals surface area (Å²) in [6.07, 6.45) is 1.99. The minimum absolute atomic E-state index is 0.00875. The Kier molecular flexibility index (Phi) is 7.60. The lowest BCUT2D eigenvalue weighted by atomic mass is 10.1. The number of methoxy groups -OCH3 is 1. The first-order valence-electron chi connectivity index (χ1n) is 9.17. The van der Waals surface area contributed by atoms with Crippen LogP contribution in [0.4, 0.5) is 0 Å². The van der Waals surface area contributed by atoms with Crippen molar-refractivity contribution < 1.29 is 19.1 Å². The number of hydrogen-bond donors (Lipinski definition) is 0. The van der Waals surface area contributed by atoms with Crippen LogP contribution in [0.1, 0.15) is 30.9 Å². The number of rotatable bonds is 10. The number of esters is 1. The molecule has 0 radical (unpaired) electrons. The molecule has 144 valence electrons. The third kappa shape index (κ3) is 5.54. The van der Waals surface area contributed by atoms with E-state index in [4.69, 9.17) is 9.47 Å². The molecule has 0 spiro atoms. The largest absolute Gasteiger partial charge is 0.465 e. The lowest BCUT2D eigenvalue weighted by molar-refractivity contribution is -0.153. The smallest absolute Gasteiger partial charge is 0.325 e. The topological polar surface area (TPSA) is 59.1 Å². The standard InChI is InChI=1S/C20H30N2O4/c1-5-26-20(24)18(14-25-4)22(17-10-11-17)13-19(23)21(3)12-16-9-7-6-8-15(16)2/h6-9,17-18H,5,10-14H2,1-4H3/t18-/m1/s1. The summed E-state index contributed by atoms with van der Waals surface area (Å²) in [5.41, 5.74) is 2.29. The highest BCUT2D eigenvalue weighted by Crippen LogP contribution is 2.29. The quantitative estimate of drug-likeness (QED) is 0.596. The number of nitrogens with zero attached hydrogens (tertiary/aromatic N) is 2. The van der Waals surface area contributed by atoms with E-state index >= 15 is 0 Å². The van der Waals surface area contributed by atoms with E-state index in [0.29, 0.717) is 13.2 Å². The molecule has 0 saturated heterocycles. The predicted octanol–water partition coefficient (Wildman–Crippen LogP) is 2.00. The van der Waals surface area contributed by atoms with Crippen molar-refractivity contribution in [3.05, 3.63) is 35.4 Å². The van der Waals surface area contributed by atoms with Crippen molar-refractivity contribution in [3.8, 4) is 0 Å². The molecular weight excluding hydrogens is 332 g/mol. The second kappa shape index (κ2) is 9.69. The lowest BCUT2D eigenvalue weighted by Crippen LogP contribution is -2.50. The molecule has 1 aromatic rings. The van der Waals surface area contributed by atoms with Gasteiger partial charge in [0.15, 0.2) is 0 Å². The lowest BCUT2D eigenvalue weighted by Gasteiger charge is -2.30. The fourth-order valence-electron chi connectivity index (χ4n) is 3.00. The van der Waals surface area contributed by atoms with Crippen molar-refractivity contribution >= 4 is 11.9 Å². The zero-order valence-electron chi connectivity index (χ0n) is 16.2. The molecule has 0 aliphatic heterocycles. The van der Waals surface area contributed by atoms with Gasteiger partial charge in [-0.05, 0) is 37.8 Å². The van der Waals surface area contributed by atoms with Crippen molar-refractivity contribution in [2.24, 2.45) is 0 Å². The molecule has 1 fully saturated rings. The highest BCUT2D eigenvalue weighted by Gasteiger charge is 2.39. The number of hydrogen-bond acceptors (Lipinski definition) is 5. The Morgan fingerprint density at radius 3 is 2.54 bits per heavy atom. The van der Waals surface area contributed by atoms with E-state index in [1.807, 2.05) is 36.1 Å². The van der Waals surface area contributed by atoms with Gasteiger partial charge in [0.1, 0.15) is 6.04 Å². The zero-order valence-corrected chi connectivity index (χ0v) is 16.2.